The number of carbonyl (C=O) groups is 2. The smallest absolute Gasteiger partial charge is 0.345 e. The van der Waals surface area contributed by atoms with Crippen LogP contribution >= 0.6 is 11.3 Å². The summed E-state index contributed by atoms with van der Waals surface area (Å²) < 4.78 is 0. The van der Waals surface area contributed by atoms with E-state index in [-0.39, 0.29) is 17.2 Å². The Balaban J connectivity index is 1.41. The minimum absolute atomic E-state index is 0.0579. The highest BCUT2D eigenvalue weighted by Gasteiger charge is 2.61. The molecule has 0 saturated heterocycles. The Morgan fingerprint density at radius 2 is 2.09 bits per heavy atom. The van der Waals surface area contributed by atoms with Crippen LogP contribution in [0.3, 0.4) is 0 Å². The van der Waals surface area contributed by atoms with Crippen LogP contribution in [-0.2, 0) is 23.2 Å². The van der Waals surface area contributed by atoms with Crippen molar-refractivity contribution in [2.24, 2.45) is 5.92 Å². The summed E-state index contributed by atoms with van der Waals surface area (Å²) in [7, 11) is 0. The molecule has 2 N–H and O–H groups in total. The molecule has 2 unspecified atom stereocenters. The Morgan fingerprint density at radius 1 is 1.26 bits per heavy atom. The summed E-state index contributed by atoms with van der Waals surface area (Å²) in [4.78, 5) is 24.5. The molecule has 2 atom stereocenters. The Bertz CT molecular complexity index is 797. The van der Waals surface area contributed by atoms with E-state index in [0.717, 1.165) is 24.1 Å². The molecule has 1 aromatic heterocycles. The first-order chi connectivity index (χ1) is 11.1. The zero-order valence-electron chi connectivity index (χ0n) is 12.5. The van der Waals surface area contributed by atoms with Gasteiger partial charge in [-0.3, -0.25) is 4.79 Å². The van der Waals surface area contributed by atoms with Crippen LogP contribution in [0, 0.1) is 5.92 Å². The summed E-state index contributed by atoms with van der Waals surface area (Å²) >= 11 is 1.21. The van der Waals surface area contributed by atoms with E-state index in [2.05, 4.69) is 29.6 Å². The number of rotatable bonds is 4. The number of hydrogen-bond donors (Lipinski definition) is 2. The normalized spacial score (nSPS) is 24.4. The van der Waals surface area contributed by atoms with Gasteiger partial charge in [0.15, 0.2) is 0 Å². The number of thiophene rings is 1. The molecule has 4 nitrogen and oxygen atoms in total. The number of aromatic carboxylic acids is 1. The Labute approximate surface area is 138 Å². The van der Waals surface area contributed by atoms with Crippen molar-refractivity contribution >= 4 is 23.2 Å². The van der Waals surface area contributed by atoms with E-state index in [1.54, 1.807) is 12.1 Å². The van der Waals surface area contributed by atoms with Crippen molar-refractivity contribution in [2.45, 2.75) is 31.2 Å². The molecule has 2 aromatic rings. The third-order valence-corrected chi connectivity index (χ3v) is 6.17. The van der Waals surface area contributed by atoms with Gasteiger partial charge in [0, 0.05) is 16.2 Å². The molecule has 118 valence electrons. The van der Waals surface area contributed by atoms with Crippen LogP contribution in [0.15, 0.2) is 36.4 Å². The summed E-state index contributed by atoms with van der Waals surface area (Å²) in [6, 6.07) is 11.8. The SMILES string of the molecule is O=C(O)c1ccc(CNC(=O)C2CC23CCc2ccccc23)s1. The summed E-state index contributed by atoms with van der Waals surface area (Å²) in [6.07, 6.45) is 3.06. The fourth-order valence-corrected chi connectivity index (χ4v) is 4.61. The number of carbonyl (C=O) groups excluding carboxylic acids is 1. The van der Waals surface area contributed by atoms with Gasteiger partial charge >= 0.3 is 5.97 Å². The number of fused-ring (bicyclic) bond motifs is 2. The minimum atomic E-state index is -0.920. The van der Waals surface area contributed by atoms with Gasteiger partial charge in [-0.25, -0.2) is 4.79 Å². The Hall–Kier alpha value is -2.14. The Kier molecular flexibility index (Phi) is 3.27. The first-order valence-corrected chi connectivity index (χ1v) is 8.60. The maximum atomic E-state index is 12.5. The van der Waals surface area contributed by atoms with Gasteiger partial charge in [0.2, 0.25) is 5.91 Å². The molecule has 0 radical (unpaired) electrons. The molecular weight excluding hydrogens is 310 g/mol. The van der Waals surface area contributed by atoms with Crippen LogP contribution in [0.25, 0.3) is 0 Å². The summed E-state index contributed by atoms with van der Waals surface area (Å²) in [5.41, 5.74) is 2.79. The molecule has 0 bridgehead atoms. The topological polar surface area (TPSA) is 66.4 Å². The second-order valence-electron chi connectivity index (χ2n) is 6.36. The highest BCUT2D eigenvalue weighted by Crippen LogP contribution is 2.61. The first-order valence-electron chi connectivity index (χ1n) is 7.78. The van der Waals surface area contributed by atoms with Gasteiger partial charge in [0.05, 0.1) is 6.54 Å². The molecule has 1 aromatic carbocycles. The third-order valence-electron chi connectivity index (χ3n) is 5.10. The predicted octanol–water partition coefficient (Wildman–Crippen LogP) is 2.97. The fourth-order valence-electron chi connectivity index (χ4n) is 3.82. The molecule has 1 amide bonds. The van der Waals surface area contributed by atoms with Crippen LogP contribution in [0.1, 0.15) is 38.5 Å². The molecule has 2 aliphatic carbocycles. The third kappa shape index (κ3) is 2.36. The highest BCUT2D eigenvalue weighted by atomic mass is 32.1. The molecular formula is C18H17NO3S. The molecule has 4 rings (SSSR count). The van der Waals surface area contributed by atoms with E-state index < -0.39 is 5.97 Å². The number of carboxylic acids is 1. The number of nitrogens with one attached hydrogen (secondary N) is 1. The largest absolute Gasteiger partial charge is 0.477 e. The molecule has 2 aliphatic rings. The van der Waals surface area contributed by atoms with Gasteiger partial charge in [-0.15, -0.1) is 11.3 Å². The van der Waals surface area contributed by atoms with Crippen LogP contribution < -0.4 is 5.32 Å². The van der Waals surface area contributed by atoms with Gasteiger partial charge in [0.25, 0.3) is 0 Å². The predicted molar refractivity (Wildman–Crippen MR) is 87.7 cm³/mol. The van der Waals surface area contributed by atoms with E-state index in [0.29, 0.717) is 11.4 Å². The lowest BCUT2D eigenvalue weighted by molar-refractivity contribution is -0.122. The summed E-state index contributed by atoms with van der Waals surface area (Å²) in [5, 5.41) is 11.9. The van der Waals surface area contributed by atoms with E-state index in [4.69, 9.17) is 5.11 Å². The van der Waals surface area contributed by atoms with Crippen molar-refractivity contribution in [1.29, 1.82) is 0 Å². The van der Waals surface area contributed by atoms with Crippen molar-refractivity contribution in [3.8, 4) is 0 Å². The van der Waals surface area contributed by atoms with Gasteiger partial charge in [-0.05, 0) is 42.5 Å². The summed E-state index contributed by atoms with van der Waals surface area (Å²) in [6.45, 7) is 0.408. The van der Waals surface area contributed by atoms with Crippen molar-refractivity contribution < 1.29 is 14.7 Å². The highest BCUT2D eigenvalue weighted by molar-refractivity contribution is 7.13. The first kappa shape index (κ1) is 14.5. The second kappa shape index (κ2) is 5.20. The van der Waals surface area contributed by atoms with Crippen LogP contribution in [-0.4, -0.2) is 17.0 Å². The lowest BCUT2D eigenvalue weighted by Gasteiger charge is -2.11. The maximum Gasteiger partial charge on any atom is 0.345 e. The van der Waals surface area contributed by atoms with Gasteiger partial charge in [-0.2, -0.15) is 0 Å². The average Bonchev–Trinajstić information content (AvgIpc) is 2.91. The summed E-state index contributed by atoms with van der Waals surface area (Å²) in [5.74, 6) is -0.770. The van der Waals surface area contributed by atoms with Gasteiger partial charge in [-0.1, -0.05) is 24.3 Å². The molecule has 1 heterocycles. The van der Waals surface area contributed by atoms with Crippen molar-refractivity contribution in [1.82, 2.24) is 5.32 Å². The van der Waals surface area contributed by atoms with Crippen molar-refractivity contribution in [3.63, 3.8) is 0 Å². The molecule has 5 heteroatoms. The molecule has 23 heavy (non-hydrogen) atoms. The lowest BCUT2D eigenvalue weighted by atomic mass is 9.95. The van der Waals surface area contributed by atoms with Crippen molar-refractivity contribution in [3.05, 3.63) is 57.3 Å². The van der Waals surface area contributed by atoms with Gasteiger partial charge < -0.3 is 10.4 Å². The lowest BCUT2D eigenvalue weighted by Crippen LogP contribution is -2.27. The van der Waals surface area contributed by atoms with Crippen LogP contribution in [0.5, 0.6) is 0 Å². The minimum Gasteiger partial charge on any atom is -0.477 e. The number of benzene rings is 1. The number of hydrogen-bond acceptors (Lipinski definition) is 3. The van der Waals surface area contributed by atoms with E-state index in [9.17, 15) is 9.59 Å². The van der Waals surface area contributed by atoms with E-state index >= 15 is 0 Å². The monoisotopic (exact) mass is 327 g/mol. The number of aryl methyl sites for hydroxylation is 1. The number of carboxylic acid groups (broad SMARTS) is 1. The molecule has 1 saturated carbocycles. The van der Waals surface area contributed by atoms with E-state index in [1.807, 2.05) is 0 Å². The molecule has 0 aliphatic heterocycles. The van der Waals surface area contributed by atoms with Crippen LogP contribution in [0.2, 0.25) is 0 Å². The maximum absolute atomic E-state index is 12.5. The Morgan fingerprint density at radius 3 is 2.87 bits per heavy atom. The molecule has 1 spiro atoms. The molecule has 1 fully saturated rings. The average molecular weight is 327 g/mol. The number of amides is 1. The van der Waals surface area contributed by atoms with Crippen molar-refractivity contribution in [2.75, 3.05) is 0 Å². The van der Waals surface area contributed by atoms with E-state index in [1.165, 1.54) is 22.5 Å². The zero-order chi connectivity index (χ0) is 16.0. The zero-order valence-corrected chi connectivity index (χ0v) is 13.4. The second-order valence-corrected chi connectivity index (χ2v) is 7.53. The quantitative estimate of drug-likeness (QED) is 0.907. The standard InChI is InChI=1S/C18H17NO3S/c20-16(19-10-12-5-6-15(23-12)17(21)22)14-9-18(14)8-7-11-3-1-2-4-13(11)18/h1-6,14H,7-10H2,(H,19,20)(H,21,22). The van der Waals surface area contributed by atoms with Gasteiger partial charge in [0.1, 0.15) is 4.88 Å². The fraction of sp³-hybridized carbons (Fsp3) is 0.333. The van der Waals surface area contributed by atoms with Crippen LogP contribution in [0.4, 0.5) is 0 Å².